The van der Waals surface area contributed by atoms with Gasteiger partial charge in [0.15, 0.2) is 0 Å². The smallest absolute Gasteiger partial charge is 0.253 e. The van der Waals surface area contributed by atoms with E-state index in [-0.39, 0.29) is 5.56 Å². The summed E-state index contributed by atoms with van der Waals surface area (Å²) in [7, 11) is 1.51. The van der Waals surface area contributed by atoms with E-state index < -0.39 is 0 Å². The Kier molecular flexibility index (Phi) is 6.31. The van der Waals surface area contributed by atoms with Gasteiger partial charge in [0.2, 0.25) is 0 Å². The molecular weight excluding hydrogens is 418 g/mol. The molecule has 0 amide bonds. The second-order valence-electron chi connectivity index (χ2n) is 7.39. The van der Waals surface area contributed by atoms with E-state index in [2.05, 4.69) is 16.4 Å². The van der Waals surface area contributed by atoms with E-state index in [1.54, 1.807) is 18.2 Å². The van der Waals surface area contributed by atoms with Crippen molar-refractivity contribution < 1.29 is 14.2 Å². The Morgan fingerprint density at radius 3 is 2.90 bits per heavy atom. The van der Waals surface area contributed by atoms with E-state index in [1.807, 2.05) is 18.2 Å². The molecule has 0 spiro atoms. The number of rotatable bonds is 7. The lowest BCUT2D eigenvalue weighted by Gasteiger charge is -2.13. The lowest BCUT2D eigenvalue weighted by Crippen LogP contribution is -2.16. The summed E-state index contributed by atoms with van der Waals surface area (Å²) < 4.78 is 16.5. The highest BCUT2D eigenvalue weighted by Gasteiger charge is 2.18. The fourth-order valence-corrected chi connectivity index (χ4v) is 3.80. The molecule has 1 aliphatic rings. The minimum absolute atomic E-state index is 0.233. The van der Waals surface area contributed by atoms with Crippen LogP contribution in [0.1, 0.15) is 17.5 Å². The average Bonchev–Trinajstić information content (AvgIpc) is 3.31. The normalized spacial score (nSPS) is 15.6. The number of benzene rings is 2. The first-order chi connectivity index (χ1) is 15.1. The number of nitrogens with one attached hydrogen (secondary N) is 2. The molecule has 1 aliphatic heterocycles. The molecule has 1 unspecified atom stereocenters. The number of aromatic amines is 1. The van der Waals surface area contributed by atoms with Crippen LogP contribution in [-0.4, -0.2) is 31.9 Å². The van der Waals surface area contributed by atoms with Gasteiger partial charge in [-0.3, -0.25) is 4.79 Å². The zero-order valence-corrected chi connectivity index (χ0v) is 17.8. The van der Waals surface area contributed by atoms with Crippen molar-refractivity contribution in [2.45, 2.75) is 13.0 Å². The molecule has 2 N–H and O–H groups in total. The number of pyridine rings is 1. The monoisotopic (exact) mass is 439 g/mol. The van der Waals surface area contributed by atoms with E-state index in [0.717, 1.165) is 24.1 Å². The third-order valence-electron chi connectivity index (χ3n) is 5.30. The van der Waals surface area contributed by atoms with Crippen LogP contribution in [0, 0.1) is 17.2 Å². The topological polar surface area (TPSA) is 96.4 Å². The first kappa shape index (κ1) is 21.0. The summed E-state index contributed by atoms with van der Waals surface area (Å²) in [6.07, 6.45) is 0.976. The highest BCUT2D eigenvalue weighted by molar-refractivity contribution is 6.36. The zero-order chi connectivity index (χ0) is 21.8. The van der Waals surface area contributed by atoms with Crippen molar-refractivity contribution in [3.63, 3.8) is 0 Å². The molecule has 1 atom stereocenters. The lowest BCUT2D eigenvalue weighted by atomic mass is 10.1. The summed E-state index contributed by atoms with van der Waals surface area (Å²) in [5, 5.41) is 13.5. The van der Waals surface area contributed by atoms with Crippen molar-refractivity contribution in [1.82, 2.24) is 4.98 Å². The van der Waals surface area contributed by atoms with Crippen molar-refractivity contribution in [3.8, 4) is 17.6 Å². The molecule has 8 heteroatoms. The van der Waals surface area contributed by atoms with E-state index in [1.165, 1.54) is 7.11 Å². The molecule has 1 aromatic heterocycles. The summed E-state index contributed by atoms with van der Waals surface area (Å²) in [6.45, 7) is 2.30. The van der Waals surface area contributed by atoms with Crippen LogP contribution < -0.4 is 20.3 Å². The van der Waals surface area contributed by atoms with Gasteiger partial charge in [-0.15, -0.1) is 0 Å². The largest absolute Gasteiger partial charge is 0.495 e. The van der Waals surface area contributed by atoms with Gasteiger partial charge in [-0.05, 0) is 36.8 Å². The fraction of sp³-hybridized carbons (Fsp3) is 0.304. The van der Waals surface area contributed by atoms with Crippen LogP contribution in [0.25, 0.3) is 10.9 Å². The van der Waals surface area contributed by atoms with Crippen molar-refractivity contribution in [2.75, 3.05) is 32.2 Å². The number of H-pyrrole nitrogens is 1. The molecule has 1 fully saturated rings. The second-order valence-corrected chi connectivity index (χ2v) is 7.76. The lowest BCUT2D eigenvalue weighted by molar-refractivity contribution is 0.167. The summed E-state index contributed by atoms with van der Waals surface area (Å²) in [5.41, 5.74) is 2.07. The third kappa shape index (κ3) is 4.61. The van der Waals surface area contributed by atoms with Gasteiger partial charge in [-0.25, -0.2) is 0 Å². The predicted molar refractivity (Wildman–Crippen MR) is 119 cm³/mol. The molecule has 2 heterocycles. The van der Waals surface area contributed by atoms with Crippen LogP contribution in [0.15, 0.2) is 41.2 Å². The van der Waals surface area contributed by atoms with Crippen LogP contribution in [0.5, 0.6) is 11.5 Å². The maximum Gasteiger partial charge on any atom is 0.253 e. The Hall–Kier alpha value is -3.21. The van der Waals surface area contributed by atoms with E-state index >= 15 is 0 Å². The SMILES string of the molecule is COc1cc(NCc2cc3ccc(OCC4CCOC4)c(Cl)c3[nH]c2=O)ccc1C#N. The molecule has 0 saturated carbocycles. The van der Waals surface area contributed by atoms with Gasteiger partial charge in [0.25, 0.3) is 5.56 Å². The summed E-state index contributed by atoms with van der Waals surface area (Å²) in [4.78, 5) is 15.5. The van der Waals surface area contributed by atoms with Crippen molar-refractivity contribution in [2.24, 2.45) is 5.92 Å². The third-order valence-corrected chi connectivity index (χ3v) is 5.68. The number of aromatic nitrogens is 1. The molecule has 4 rings (SSSR count). The van der Waals surface area contributed by atoms with E-state index in [0.29, 0.717) is 58.8 Å². The van der Waals surface area contributed by atoms with Gasteiger partial charge < -0.3 is 24.5 Å². The minimum atomic E-state index is -0.233. The van der Waals surface area contributed by atoms with E-state index in [4.69, 9.17) is 31.1 Å². The van der Waals surface area contributed by atoms with Crippen LogP contribution in [0.2, 0.25) is 5.02 Å². The summed E-state index contributed by atoms with van der Waals surface area (Å²) >= 11 is 6.50. The Morgan fingerprint density at radius 1 is 1.29 bits per heavy atom. The number of anilines is 1. The van der Waals surface area contributed by atoms with Crippen LogP contribution >= 0.6 is 11.6 Å². The highest BCUT2D eigenvalue weighted by Crippen LogP contribution is 2.32. The molecule has 2 aromatic carbocycles. The Bertz CT molecular complexity index is 1200. The van der Waals surface area contributed by atoms with Gasteiger partial charge in [0.1, 0.15) is 22.6 Å². The van der Waals surface area contributed by atoms with Crippen LogP contribution in [-0.2, 0) is 11.3 Å². The molecule has 0 aliphatic carbocycles. The zero-order valence-electron chi connectivity index (χ0n) is 17.0. The second kappa shape index (κ2) is 9.29. The molecule has 7 nitrogen and oxygen atoms in total. The number of hydrogen-bond donors (Lipinski definition) is 2. The highest BCUT2D eigenvalue weighted by atomic mass is 35.5. The number of nitrogens with zero attached hydrogens (tertiary/aromatic N) is 1. The van der Waals surface area contributed by atoms with Gasteiger partial charge >= 0.3 is 0 Å². The van der Waals surface area contributed by atoms with E-state index in [9.17, 15) is 4.79 Å². The fourth-order valence-electron chi connectivity index (χ4n) is 3.52. The number of hydrogen-bond acceptors (Lipinski definition) is 6. The molecule has 0 bridgehead atoms. The van der Waals surface area contributed by atoms with Crippen molar-refractivity contribution in [1.29, 1.82) is 5.26 Å². The number of fused-ring (bicyclic) bond motifs is 1. The number of nitriles is 1. The van der Waals surface area contributed by atoms with Gasteiger partial charge in [0.05, 0.1) is 31.4 Å². The standard InChI is InChI=1S/C23H22ClN3O4/c1-29-20-9-18(4-2-16(20)10-25)26-11-17-8-15-3-5-19(21(24)22(15)27-23(17)28)31-13-14-6-7-30-12-14/h2-5,8-9,14,26H,6-7,11-13H2,1H3,(H,27,28). The van der Waals surface area contributed by atoms with Crippen LogP contribution in [0.3, 0.4) is 0 Å². The van der Waals surface area contributed by atoms with Gasteiger partial charge in [-0.2, -0.15) is 5.26 Å². The minimum Gasteiger partial charge on any atom is -0.495 e. The Balaban J connectivity index is 1.51. The average molecular weight is 440 g/mol. The van der Waals surface area contributed by atoms with Gasteiger partial charge in [0, 0.05) is 41.8 Å². The van der Waals surface area contributed by atoms with Crippen molar-refractivity contribution >= 4 is 28.2 Å². The number of ether oxygens (including phenoxy) is 3. The number of methoxy groups -OCH3 is 1. The first-order valence-corrected chi connectivity index (χ1v) is 10.3. The molecule has 0 radical (unpaired) electrons. The summed E-state index contributed by atoms with van der Waals surface area (Å²) in [5.74, 6) is 1.38. The Labute approximate surface area is 184 Å². The molecule has 3 aromatic rings. The van der Waals surface area contributed by atoms with Gasteiger partial charge in [-0.1, -0.05) is 11.6 Å². The molecular formula is C23H22ClN3O4. The van der Waals surface area contributed by atoms with Crippen molar-refractivity contribution in [3.05, 3.63) is 62.9 Å². The number of halogens is 1. The predicted octanol–water partition coefficient (Wildman–Crippen LogP) is 4.09. The molecule has 31 heavy (non-hydrogen) atoms. The first-order valence-electron chi connectivity index (χ1n) is 9.96. The summed E-state index contributed by atoms with van der Waals surface area (Å²) in [6, 6.07) is 12.8. The van der Waals surface area contributed by atoms with Crippen LogP contribution in [0.4, 0.5) is 5.69 Å². The molecule has 1 saturated heterocycles. The maximum absolute atomic E-state index is 12.6. The Morgan fingerprint density at radius 2 is 2.16 bits per heavy atom. The maximum atomic E-state index is 12.6. The molecule has 160 valence electrons. The quantitative estimate of drug-likeness (QED) is 0.575.